The number of aromatic nitrogens is 2. The van der Waals surface area contributed by atoms with Crippen LogP contribution in [0.2, 0.25) is 5.02 Å². The largest absolute Gasteiger partial charge is 0.394 e. The van der Waals surface area contributed by atoms with Gasteiger partial charge in [0.25, 0.3) is 0 Å². The zero-order valence-corrected chi connectivity index (χ0v) is 18.6. The van der Waals surface area contributed by atoms with Crippen LogP contribution in [0.1, 0.15) is 28.5 Å². The van der Waals surface area contributed by atoms with E-state index in [1.807, 2.05) is 55.1 Å². The Bertz CT molecular complexity index is 1080. The van der Waals surface area contributed by atoms with Gasteiger partial charge in [-0.05, 0) is 47.7 Å². The summed E-state index contributed by atoms with van der Waals surface area (Å²) in [5.41, 5.74) is 5.58. The predicted molar refractivity (Wildman–Crippen MR) is 120 cm³/mol. The van der Waals surface area contributed by atoms with Gasteiger partial charge in [-0.25, -0.2) is 0 Å². The van der Waals surface area contributed by atoms with Gasteiger partial charge in [-0.15, -0.1) is 0 Å². The minimum atomic E-state index is -1.42. The number of aliphatic hydroxyl groups excluding tert-OH is 4. The normalized spacial score (nSPS) is 25.8. The van der Waals surface area contributed by atoms with E-state index < -0.39 is 37.1 Å². The Morgan fingerprint density at radius 3 is 2.34 bits per heavy atom. The molecule has 0 saturated carbocycles. The predicted octanol–water partition coefficient (Wildman–Crippen LogP) is 2.15. The second-order valence-electron chi connectivity index (χ2n) is 8.27. The summed E-state index contributed by atoms with van der Waals surface area (Å²) in [7, 11) is 1.92. The van der Waals surface area contributed by atoms with E-state index in [0.29, 0.717) is 17.0 Å². The third-order valence-electron chi connectivity index (χ3n) is 5.94. The second-order valence-corrected chi connectivity index (χ2v) is 8.68. The lowest BCUT2D eigenvalue weighted by atomic mass is 9.90. The minimum Gasteiger partial charge on any atom is -0.394 e. The third kappa shape index (κ3) is 4.45. The first-order valence-corrected chi connectivity index (χ1v) is 10.8. The standard InChI is InChI=1S/C24H27ClN2O5/c1-13-9-19(27(2)26-13)15-5-3-14(4-6-15)10-17-11-16(7-8-18(17)25)24-23(31)22(30)21(29)20(12-28)32-24/h3-9,11,20-24,28-31H,10,12H2,1-2H3/t20-,21-,22+,23-,24+/m1/s1. The molecule has 1 saturated heterocycles. The number of aryl methyl sites for hydroxylation is 2. The van der Waals surface area contributed by atoms with E-state index in [1.54, 1.807) is 12.1 Å². The van der Waals surface area contributed by atoms with Gasteiger partial charge < -0.3 is 25.2 Å². The van der Waals surface area contributed by atoms with Gasteiger partial charge in [0, 0.05) is 12.1 Å². The van der Waals surface area contributed by atoms with Crippen LogP contribution in [0.15, 0.2) is 48.5 Å². The molecule has 0 spiro atoms. The molecule has 2 aromatic carbocycles. The van der Waals surface area contributed by atoms with Crippen molar-refractivity contribution < 1.29 is 25.2 Å². The van der Waals surface area contributed by atoms with Gasteiger partial charge in [0.05, 0.1) is 18.0 Å². The van der Waals surface area contributed by atoms with Gasteiger partial charge in [-0.3, -0.25) is 4.68 Å². The Labute approximate surface area is 191 Å². The van der Waals surface area contributed by atoms with Crippen LogP contribution in [0.4, 0.5) is 0 Å². The molecular weight excluding hydrogens is 432 g/mol. The molecule has 0 bridgehead atoms. The molecule has 7 nitrogen and oxygen atoms in total. The topological polar surface area (TPSA) is 108 Å². The summed E-state index contributed by atoms with van der Waals surface area (Å²) < 4.78 is 7.53. The van der Waals surface area contributed by atoms with Gasteiger partial charge in [0.2, 0.25) is 0 Å². The Hall–Kier alpha value is -2.26. The van der Waals surface area contributed by atoms with E-state index in [-0.39, 0.29) is 0 Å². The highest BCUT2D eigenvalue weighted by atomic mass is 35.5. The molecule has 0 aliphatic carbocycles. The van der Waals surface area contributed by atoms with Crippen molar-refractivity contribution >= 4 is 11.6 Å². The van der Waals surface area contributed by atoms with Crippen LogP contribution in [-0.4, -0.2) is 61.2 Å². The fraction of sp³-hybridized carbons (Fsp3) is 0.375. The molecule has 0 amide bonds. The molecule has 3 aromatic rings. The van der Waals surface area contributed by atoms with Crippen molar-refractivity contribution in [2.45, 2.75) is 43.9 Å². The van der Waals surface area contributed by atoms with Gasteiger partial charge in [-0.1, -0.05) is 48.0 Å². The van der Waals surface area contributed by atoms with Gasteiger partial charge in [0.15, 0.2) is 0 Å². The van der Waals surface area contributed by atoms with Crippen LogP contribution in [-0.2, 0) is 18.2 Å². The molecule has 1 aromatic heterocycles. The number of rotatable bonds is 5. The molecule has 8 heteroatoms. The maximum absolute atomic E-state index is 10.4. The molecule has 4 rings (SSSR count). The van der Waals surface area contributed by atoms with E-state index in [0.717, 1.165) is 28.1 Å². The van der Waals surface area contributed by atoms with Crippen LogP contribution in [0, 0.1) is 6.92 Å². The molecule has 0 unspecified atom stereocenters. The number of ether oxygens (including phenoxy) is 1. The van der Waals surface area contributed by atoms with E-state index >= 15 is 0 Å². The lowest BCUT2D eigenvalue weighted by molar-refractivity contribution is -0.231. The van der Waals surface area contributed by atoms with Gasteiger partial charge in [0.1, 0.15) is 30.5 Å². The molecule has 0 radical (unpaired) electrons. The number of hydrogen-bond acceptors (Lipinski definition) is 6. The number of nitrogens with zero attached hydrogens (tertiary/aromatic N) is 2. The highest BCUT2D eigenvalue weighted by Gasteiger charge is 2.44. The van der Waals surface area contributed by atoms with Gasteiger partial charge in [-0.2, -0.15) is 5.10 Å². The van der Waals surface area contributed by atoms with E-state index in [4.69, 9.17) is 16.3 Å². The number of halogens is 1. The molecule has 170 valence electrons. The summed E-state index contributed by atoms with van der Waals surface area (Å²) in [6.07, 6.45) is -5.43. The summed E-state index contributed by atoms with van der Waals surface area (Å²) >= 11 is 6.44. The maximum atomic E-state index is 10.4. The minimum absolute atomic E-state index is 0.468. The number of benzene rings is 2. The third-order valence-corrected chi connectivity index (χ3v) is 6.31. The molecule has 2 heterocycles. The van der Waals surface area contributed by atoms with Crippen molar-refractivity contribution in [3.05, 3.63) is 75.9 Å². The van der Waals surface area contributed by atoms with Crippen LogP contribution < -0.4 is 0 Å². The van der Waals surface area contributed by atoms with E-state index in [1.165, 1.54) is 0 Å². The first kappa shape index (κ1) is 22.9. The van der Waals surface area contributed by atoms with Crippen LogP contribution in [0.5, 0.6) is 0 Å². The lowest BCUT2D eigenvalue weighted by Gasteiger charge is -2.40. The van der Waals surface area contributed by atoms with Crippen molar-refractivity contribution in [3.63, 3.8) is 0 Å². The average Bonchev–Trinajstić information content (AvgIpc) is 3.12. The summed E-state index contributed by atoms with van der Waals surface area (Å²) in [4.78, 5) is 0. The average molecular weight is 459 g/mol. The molecular formula is C24H27ClN2O5. The zero-order valence-electron chi connectivity index (χ0n) is 17.9. The van der Waals surface area contributed by atoms with Crippen LogP contribution in [0.3, 0.4) is 0 Å². The second kappa shape index (κ2) is 9.31. The molecule has 1 aliphatic rings. The van der Waals surface area contributed by atoms with Crippen molar-refractivity contribution in [2.24, 2.45) is 7.05 Å². The molecule has 5 atom stereocenters. The van der Waals surface area contributed by atoms with Crippen molar-refractivity contribution in [2.75, 3.05) is 6.61 Å². The SMILES string of the molecule is Cc1cc(-c2ccc(Cc3cc([C@@H]4O[C@H](CO)[C@@H](O)[C@H](O)[C@H]4O)ccc3Cl)cc2)n(C)n1. The maximum Gasteiger partial charge on any atom is 0.113 e. The quantitative estimate of drug-likeness (QED) is 0.466. The van der Waals surface area contributed by atoms with Gasteiger partial charge >= 0.3 is 0 Å². The Morgan fingerprint density at radius 1 is 1.00 bits per heavy atom. The summed E-state index contributed by atoms with van der Waals surface area (Å²) in [6.45, 7) is 1.49. The summed E-state index contributed by atoms with van der Waals surface area (Å²) in [5, 5.41) is 45.0. The monoisotopic (exact) mass is 458 g/mol. The highest BCUT2D eigenvalue weighted by Crippen LogP contribution is 2.34. The van der Waals surface area contributed by atoms with E-state index in [9.17, 15) is 20.4 Å². The Balaban J connectivity index is 1.56. The molecule has 32 heavy (non-hydrogen) atoms. The fourth-order valence-corrected chi connectivity index (χ4v) is 4.36. The summed E-state index contributed by atoms with van der Waals surface area (Å²) in [5.74, 6) is 0. The first-order chi connectivity index (χ1) is 15.3. The van der Waals surface area contributed by atoms with Crippen molar-refractivity contribution in [1.29, 1.82) is 0 Å². The van der Waals surface area contributed by atoms with Crippen molar-refractivity contribution in [3.8, 4) is 11.3 Å². The Morgan fingerprint density at radius 2 is 1.72 bits per heavy atom. The highest BCUT2D eigenvalue weighted by molar-refractivity contribution is 6.31. The zero-order chi connectivity index (χ0) is 23.0. The number of hydrogen-bond donors (Lipinski definition) is 4. The van der Waals surface area contributed by atoms with E-state index in [2.05, 4.69) is 5.10 Å². The fourth-order valence-electron chi connectivity index (χ4n) is 4.18. The molecule has 1 aliphatic heterocycles. The summed E-state index contributed by atoms with van der Waals surface area (Å²) in [6, 6.07) is 15.5. The number of aliphatic hydroxyl groups is 4. The van der Waals surface area contributed by atoms with Crippen LogP contribution >= 0.6 is 11.6 Å². The molecule has 1 fully saturated rings. The molecule has 4 N–H and O–H groups in total. The first-order valence-electron chi connectivity index (χ1n) is 10.5. The lowest BCUT2D eigenvalue weighted by Crippen LogP contribution is -2.55. The smallest absolute Gasteiger partial charge is 0.113 e. The van der Waals surface area contributed by atoms with Crippen molar-refractivity contribution in [1.82, 2.24) is 9.78 Å². The Kier molecular flexibility index (Phi) is 6.67. The van der Waals surface area contributed by atoms with Crippen LogP contribution in [0.25, 0.3) is 11.3 Å².